The number of ether oxygens (including phenoxy) is 1. The number of rotatable bonds is 7. The lowest BCUT2D eigenvalue weighted by atomic mass is 10.1. The predicted octanol–water partition coefficient (Wildman–Crippen LogP) is 4.91. The van der Waals surface area contributed by atoms with Crippen molar-refractivity contribution in [1.82, 2.24) is 5.32 Å². The third-order valence-electron chi connectivity index (χ3n) is 4.05. The summed E-state index contributed by atoms with van der Waals surface area (Å²) < 4.78 is 19.2. The lowest BCUT2D eigenvalue weighted by molar-refractivity contribution is -0.115. The molecule has 27 heavy (non-hydrogen) atoms. The van der Waals surface area contributed by atoms with Crippen molar-refractivity contribution >= 4 is 11.6 Å². The smallest absolute Gasteiger partial charge is 0.238 e. The van der Waals surface area contributed by atoms with Crippen LogP contribution in [0.15, 0.2) is 78.9 Å². The highest BCUT2D eigenvalue weighted by atomic mass is 19.1. The van der Waals surface area contributed by atoms with Crippen molar-refractivity contribution in [3.8, 4) is 11.5 Å². The Morgan fingerprint density at radius 1 is 1.00 bits per heavy atom. The average Bonchev–Trinajstić information content (AvgIpc) is 2.68. The topological polar surface area (TPSA) is 50.4 Å². The molecule has 0 fully saturated rings. The van der Waals surface area contributed by atoms with Gasteiger partial charge in [0.1, 0.15) is 11.6 Å². The number of amides is 1. The fourth-order valence-electron chi connectivity index (χ4n) is 2.61. The standard InChI is InChI=1S/C22H21FN2O2/c1-16(17-8-7-9-18(23)14-17)24-15-22(26)25-20-12-5-6-13-21(20)27-19-10-3-2-4-11-19/h2-14,16,24H,15H2,1H3,(H,25,26). The van der Waals surface area contributed by atoms with Crippen LogP contribution in [0.25, 0.3) is 0 Å². The quantitative estimate of drug-likeness (QED) is 0.626. The van der Waals surface area contributed by atoms with Crippen LogP contribution in [0.2, 0.25) is 0 Å². The van der Waals surface area contributed by atoms with Gasteiger partial charge >= 0.3 is 0 Å². The third-order valence-corrected chi connectivity index (χ3v) is 4.05. The largest absolute Gasteiger partial charge is 0.455 e. The normalized spacial score (nSPS) is 11.6. The minimum absolute atomic E-state index is 0.0946. The number of hydrogen-bond acceptors (Lipinski definition) is 3. The van der Waals surface area contributed by atoms with E-state index in [9.17, 15) is 9.18 Å². The summed E-state index contributed by atoms with van der Waals surface area (Å²) in [7, 11) is 0. The molecule has 3 aromatic carbocycles. The van der Waals surface area contributed by atoms with Gasteiger partial charge in [0.15, 0.2) is 5.75 Å². The average molecular weight is 364 g/mol. The van der Waals surface area contributed by atoms with Gasteiger partial charge in [-0.25, -0.2) is 4.39 Å². The molecule has 1 unspecified atom stereocenters. The van der Waals surface area contributed by atoms with Gasteiger partial charge in [0.25, 0.3) is 0 Å². The molecule has 0 aliphatic heterocycles. The lowest BCUT2D eigenvalue weighted by Gasteiger charge is -2.15. The maximum absolute atomic E-state index is 13.3. The van der Waals surface area contributed by atoms with Crippen molar-refractivity contribution in [2.75, 3.05) is 11.9 Å². The molecule has 0 aliphatic rings. The van der Waals surface area contributed by atoms with Crippen molar-refractivity contribution in [3.05, 3.63) is 90.2 Å². The van der Waals surface area contributed by atoms with Crippen LogP contribution in [0, 0.1) is 5.82 Å². The van der Waals surface area contributed by atoms with Gasteiger partial charge in [-0.3, -0.25) is 4.79 Å². The van der Waals surface area contributed by atoms with E-state index in [0.29, 0.717) is 17.2 Å². The van der Waals surface area contributed by atoms with Crippen LogP contribution in [-0.4, -0.2) is 12.5 Å². The number of para-hydroxylation sites is 3. The number of benzene rings is 3. The van der Waals surface area contributed by atoms with E-state index in [-0.39, 0.29) is 24.3 Å². The van der Waals surface area contributed by atoms with Crippen LogP contribution < -0.4 is 15.4 Å². The summed E-state index contributed by atoms with van der Waals surface area (Å²) >= 11 is 0. The van der Waals surface area contributed by atoms with Gasteiger partial charge in [0.2, 0.25) is 5.91 Å². The van der Waals surface area contributed by atoms with Gasteiger partial charge in [0.05, 0.1) is 12.2 Å². The number of nitrogens with one attached hydrogen (secondary N) is 2. The second-order valence-electron chi connectivity index (χ2n) is 6.12. The Hall–Kier alpha value is -3.18. The van der Waals surface area contributed by atoms with Gasteiger partial charge in [0, 0.05) is 6.04 Å². The summed E-state index contributed by atoms with van der Waals surface area (Å²) in [6.45, 7) is 1.98. The zero-order valence-electron chi connectivity index (χ0n) is 15.0. The molecule has 0 spiro atoms. The predicted molar refractivity (Wildman–Crippen MR) is 104 cm³/mol. The fraction of sp³-hybridized carbons (Fsp3) is 0.136. The Balaban J connectivity index is 1.59. The van der Waals surface area contributed by atoms with Crippen molar-refractivity contribution in [2.24, 2.45) is 0 Å². The van der Waals surface area contributed by atoms with E-state index in [1.807, 2.05) is 55.5 Å². The van der Waals surface area contributed by atoms with Gasteiger partial charge in [-0.05, 0) is 48.9 Å². The molecule has 0 aromatic heterocycles. The highest BCUT2D eigenvalue weighted by Gasteiger charge is 2.11. The van der Waals surface area contributed by atoms with E-state index >= 15 is 0 Å². The first-order chi connectivity index (χ1) is 13.1. The van der Waals surface area contributed by atoms with Crippen LogP contribution >= 0.6 is 0 Å². The zero-order valence-corrected chi connectivity index (χ0v) is 15.0. The molecule has 138 valence electrons. The van der Waals surface area contributed by atoms with Crippen LogP contribution in [0.4, 0.5) is 10.1 Å². The molecule has 0 saturated heterocycles. The Labute approximate surface area is 158 Å². The van der Waals surface area contributed by atoms with Gasteiger partial charge in [-0.15, -0.1) is 0 Å². The van der Waals surface area contributed by atoms with E-state index in [2.05, 4.69) is 10.6 Å². The molecule has 0 saturated carbocycles. The highest BCUT2D eigenvalue weighted by Crippen LogP contribution is 2.29. The summed E-state index contributed by atoms with van der Waals surface area (Å²) in [6, 6.07) is 22.8. The maximum atomic E-state index is 13.3. The van der Waals surface area contributed by atoms with Crippen LogP contribution in [0.5, 0.6) is 11.5 Å². The second-order valence-corrected chi connectivity index (χ2v) is 6.12. The SMILES string of the molecule is CC(NCC(=O)Nc1ccccc1Oc1ccccc1)c1cccc(F)c1. The minimum atomic E-state index is -0.294. The second kappa shape index (κ2) is 8.96. The molecule has 3 aromatic rings. The Morgan fingerprint density at radius 2 is 1.74 bits per heavy atom. The molecule has 5 heteroatoms. The molecule has 0 bridgehead atoms. The number of carbonyl (C=O) groups excluding carboxylic acids is 1. The van der Waals surface area contributed by atoms with E-state index in [0.717, 1.165) is 5.56 Å². The monoisotopic (exact) mass is 364 g/mol. The zero-order chi connectivity index (χ0) is 19.1. The molecule has 0 heterocycles. The van der Waals surface area contributed by atoms with Crippen LogP contribution in [-0.2, 0) is 4.79 Å². The number of anilines is 1. The first-order valence-corrected chi connectivity index (χ1v) is 8.72. The van der Waals surface area contributed by atoms with Crippen molar-refractivity contribution in [2.45, 2.75) is 13.0 Å². The van der Waals surface area contributed by atoms with E-state index in [1.165, 1.54) is 12.1 Å². The highest BCUT2D eigenvalue weighted by molar-refractivity contribution is 5.93. The molecule has 1 atom stereocenters. The summed E-state index contributed by atoms with van der Waals surface area (Å²) in [5, 5.41) is 5.94. The maximum Gasteiger partial charge on any atom is 0.238 e. The number of hydrogen-bond donors (Lipinski definition) is 2. The van der Waals surface area contributed by atoms with Crippen LogP contribution in [0.1, 0.15) is 18.5 Å². The first-order valence-electron chi connectivity index (χ1n) is 8.72. The number of halogens is 1. The molecule has 0 aliphatic carbocycles. The third kappa shape index (κ3) is 5.39. The molecular weight excluding hydrogens is 343 g/mol. The summed E-state index contributed by atoms with van der Waals surface area (Å²) in [6.07, 6.45) is 0. The van der Waals surface area contributed by atoms with E-state index in [4.69, 9.17) is 4.74 Å². The lowest BCUT2D eigenvalue weighted by Crippen LogP contribution is -2.30. The van der Waals surface area contributed by atoms with Gasteiger partial charge in [-0.1, -0.05) is 42.5 Å². The summed E-state index contributed by atoms with van der Waals surface area (Å²) in [5.74, 6) is 0.757. The summed E-state index contributed by atoms with van der Waals surface area (Å²) in [4.78, 5) is 12.3. The minimum Gasteiger partial charge on any atom is -0.455 e. The number of carbonyl (C=O) groups is 1. The Kier molecular flexibility index (Phi) is 6.18. The Bertz CT molecular complexity index is 900. The molecule has 4 nitrogen and oxygen atoms in total. The van der Waals surface area contributed by atoms with E-state index in [1.54, 1.807) is 18.2 Å². The van der Waals surface area contributed by atoms with E-state index < -0.39 is 0 Å². The molecular formula is C22H21FN2O2. The van der Waals surface area contributed by atoms with Crippen molar-refractivity contribution < 1.29 is 13.9 Å². The Morgan fingerprint density at radius 3 is 2.52 bits per heavy atom. The molecule has 1 amide bonds. The molecule has 3 rings (SSSR count). The van der Waals surface area contributed by atoms with Gasteiger partial charge < -0.3 is 15.4 Å². The van der Waals surface area contributed by atoms with Gasteiger partial charge in [-0.2, -0.15) is 0 Å². The van der Waals surface area contributed by atoms with Crippen molar-refractivity contribution in [1.29, 1.82) is 0 Å². The van der Waals surface area contributed by atoms with Crippen molar-refractivity contribution in [3.63, 3.8) is 0 Å². The van der Waals surface area contributed by atoms with Crippen LogP contribution in [0.3, 0.4) is 0 Å². The molecule has 0 radical (unpaired) electrons. The first kappa shape index (κ1) is 18.6. The molecule has 2 N–H and O–H groups in total. The summed E-state index contributed by atoms with van der Waals surface area (Å²) in [5.41, 5.74) is 1.38. The fourth-order valence-corrected chi connectivity index (χ4v) is 2.61.